The molecular formula is C16H23NO2. The van der Waals surface area contributed by atoms with Crippen LogP contribution in [0.15, 0.2) is 30.3 Å². The molecule has 0 bridgehead atoms. The molecule has 2 saturated heterocycles. The van der Waals surface area contributed by atoms with E-state index >= 15 is 0 Å². The van der Waals surface area contributed by atoms with Gasteiger partial charge in [0, 0.05) is 38.1 Å². The predicted octanol–water partition coefficient (Wildman–Crippen LogP) is 1.82. The summed E-state index contributed by atoms with van der Waals surface area (Å²) in [5.41, 5.74) is 1.68. The standard InChI is InChI=1S/C16H23NO2/c1-18-12-16-11-17(9-15(16)10-19-13-16)8-7-14-5-3-2-4-6-14/h2-6,15H,7-13H2,1H3/t15-,16-/m0/s1. The van der Waals surface area contributed by atoms with Crippen LogP contribution in [0.3, 0.4) is 0 Å². The molecule has 2 aliphatic rings. The molecule has 0 spiro atoms. The fourth-order valence-electron chi connectivity index (χ4n) is 3.54. The molecule has 1 aromatic rings. The molecule has 0 amide bonds. The Hall–Kier alpha value is -0.900. The third-order valence-corrected chi connectivity index (χ3v) is 4.58. The molecule has 0 saturated carbocycles. The predicted molar refractivity (Wildman–Crippen MR) is 75.2 cm³/mol. The number of methoxy groups -OCH3 is 1. The van der Waals surface area contributed by atoms with Gasteiger partial charge in [-0.1, -0.05) is 30.3 Å². The summed E-state index contributed by atoms with van der Waals surface area (Å²) in [5, 5.41) is 0. The normalized spacial score (nSPS) is 30.7. The number of benzene rings is 1. The van der Waals surface area contributed by atoms with Crippen molar-refractivity contribution in [3.63, 3.8) is 0 Å². The van der Waals surface area contributed by atoms with Crippen LogP contribution in [-0.4, -0.2) is 51.5 Å². The van der Waals surface area contributed by atoms with Gasteiger partial charge in [0.15, 0.2) is 0 Å². The van der Waals surface area contributed by atoms with Crippen molar-refractivity contribution in [1.29, 1.82) is 0 Å². The SMILES string of the molecule is COC[C@@]12COC[C@@H]1CN(CCc1ccccc1)C2. The fourth-order valence-corrected chi connectivity index (χ4v) is 3.54. The minimum atomic E-state index is 0.255. The van der Waals surface area contributed by atoms with Crippen molar-refractivity contribution in [2.45, 2.75) is 6.42 Å². The van der Waals surface area contributed by atoms with Gasteiger partial charge in [-0.2, -0.15) is 0 Å². The Morgan fingerprint density at radius 1 is 1.37 bits per heavy atom. The molecule has 3 nitrogen and oxygen atoms in total. The number of hydrogen-bond acceptors (Lipinski definition) is 3. The number of fused-ring (bicyclic) bond motifs is 1. The lowest BCUT2D eigenvalue weighted by atomic mass is 9.82. The minimum Gasteiger partial charge on any atom is -0.384 e. The van der Waals surface area contributed by atoms with Crippen LogP contribution in [0.1, 0.15) is 5.56 Å². The zero-order chi connectivity index (χ0) is 13.1. The Balaban J connectivity index is 1.57. The van der Waals surface area contributed by atoms with Gasteiger partial charge >= 0.3 is 0 Å². The van der Waals surface area contributed by atoms with Crippen LogP contribution in [0, 0.1) is 11.3 Å². The maximum absolute atomic E-state index is 5.67. The zero-order valence-electron chi connectivity index (χ0n) is 11.7. The maximum atomic E-state index is 5.67. The van der Waals surface area contributed by atoms with Crippen molar-refractivity contribution in [3.8, 4) is 0 Å². The minimum absolute atomic E-state index is 0.255. The summed E-state index contributed by atoms with van der Waals surface area (Å²) in [6.07, 6.45) is 1.14. The quantitative estimate of drug-likeness (QED) is 0.807. The lowest BCUT2D eigenvalue weighted by Gasteiger charge is -2.26. The number of rotatable bonds is 5. The molecule has 3 heteroatoms. The molecule has 2 heterocycles. The number of hydrogen-bond donors (Lipinski definition) is 0. The lowest BCUT2D eigenvalue weighted by Crippen LogP contribution is -2.35. The molecule has 0 aromatic heterocycles. The van der Waals surface area contributed by atoms with E-state index in [1.54, 1.807) is 7.11 Å². The van der Waals surface area contributed by atoms with Crippen molar-refractivity contribution in [1.82, 2.24) is 4.90 Å². The first-order valence-corrected chi connectivity index (χ1v) is 7.15. The number of nitrogens with zero attached hydrogens (tertiary/aromatic N) is 1. The van der Waals surface area contributed by atoms with E-state index in [0.717, 1.165) is 45.9 Å². The monoisotopic (exact) mass is 261 g/mol. The van der Waals surface area contributed by atoms with Gasteiger partial charge < -0.3 is 14.4 Å². The molecule has 0 unspecified atom stereocenters. The van der Waals surface area contributed by atoms with E-state index in [0.29, 0.717) is 5.92 Å². The van der Waals surface area contributed by atoms with Crippen LogP contribution < -0.4 is 0 Å². The van der Waals surface area contributed by atoms with Crippen molar-refractivity contribution >= 4 is 0 Å². The average molecular weight is 261 g/mol. The first kappa shape index (κ1) is 13.1. The van der Waals surface area contributed by atoms with E-state index in [1.807, 2.05) is 0 Å². The van der Waals surface area contributed by atoms with Gasteiger partial charge in [0.2, 0.25) is 0 Å². The smallest absolute Gasteiger partial charge is 0.0561 e. The van der Waals surface area contributed by atoms with Crippen LogP contribution in [0.4, 0.5) is 0 Å². The van der Waals surface area contributed by atoms with E-state index < -0.39 is 0 Å². The van der Waals surface area contributed by atoms with E-state index in [-0.39, 0.29) is 5.41 Å². The summed E-state index contributed by atoms with van der Waals surface area (Å²) >= 11 is 0. The Kier molecular flexibility index (Phi) is 3.87. The lowest BCUT2D eigenvalue weighted by molar-refractivity contribution is 0.0542. The molecule has 0 radical (unpaired) electrons. The van der Waals surface area contributed by atoms with Gasteiger partial charge in [-0.05, 0) is 12.0 Å². The molecule has 0 aliphatic carbocycles. The van der Waals surface area contributed by atoms with Gasteiger partial charge in [-0.15, -0.1) is 0 Å². The number of likely N-dealkylation sites (tertiary alicyclic amines) is 1. The second kappa shape index (κ2) is 5.61. The summed E-state index contributed by atoms with van der Waals surface area (Å²) in [5.74, 6) is 0.656. The topological polar surface area (TPSA) is 21.7 Å². The second-order valence-corrected chi connectivity index (χ2v) is 5.98. The van der Waals surface area contributed by atoms with E-state index in [4.69, 9.17) is 9.47 Å². The largest absolute Gasteiger partial charge is 0.384 e. The highest BCUT2D eigenvalue weighted by molar-refractivity contribution is 5.15. The maximum Gasteiger partial charge on any atom is 0.0561 e. The molecule has 2 aliphatic heterocycles. The van der Waals surface area contributed by atoms with Crippen molar-refractivity contribution in [3.05, 3.63) is 35.9 Å². The summed E-state index contributed by atoms with van der Waals surface area (Å²) < 4.78 is 11.1. The summed E-state index contributed by atoms with van der Waals surface area (Å²) in [6.45, 7) is 6.04. The van der Waals surface area contributed by atoms with Crippen LogP contribution in [0.2, 0.25) is 0 Å². The van der Waals surface area contributed by atoms with Crippen molar-refractivity contribution in [2.24, 2.45) is 11.3 Å². The van der Waals surface area contributed by atoms with E-state index in [1.165, 1.54) is 5.56 Å². The first-order chi connectivity index (χ1) is 9.32. The van der Waals surface area contributed by atoms with Gasteiger partial charge in [-0.3, -0.25) is 0 Å². The number of ether oxygens (including phenoxy) is 2. The van der Waals surface area contributed by atoms with Crippen molar-refractivity contribution in [2.75, 3.05) is 46.6 Å². The molecule has 1 aromatic carbocycles. The van der Waals surface area contributed by atoms with Gasteiger partial charge in [0.05, 0.1) is 19.8 Å². The first-order valence-electron chi connectivity index (χ1n) is 7.15. The van der Waals surface area contributed by atoms with Crippen molar-refractivity contribution < 1.29 is 9.47 Å². The third-order valence-electron chi connectivity index (χ3n) is 4.58. The van der Waals surface area contributed by atoms with E-state index in [9.17, 15) is 0 Å². The Morgan fingerprint density at radius 3 is 3.00 bits per heavy atom. The van der Waals surface area contributed by atoms with Crippen LogP contribution >= 0.6 is 0 Å². The molecule has 19 heavy (non-hydrogen) atoms. The van der Waals surface area contributed by atoms with E-state index in [2.05, 4.69) is 35.2 Å². The Morgan fingerprint density at radius 2 is 2.21 bits per heavy atom. The Bertz CT molecular complexity index is 408. The van der Waals surface area contributed by atoms with Gasteiger partial charge in [0.25, 0.3) is 0 Å². The van der Waals surface area contributed by atoms with Gasteiger partial charge in [0.1, 0.15) is 0 Å². The molecule has 2 fully saturated rings. The van der Waals surface area contributed by atoms with Crippen LogP contribution in [0.25, 0.3) is 0 Å². The Labute approximate surface area is 115 Å². The second-order valence-electron chi connectivity index (χ2n) is 5.98. The van der Waals surface area contributed by atoms with Crippen LogP contribution in [0.5, 0.6) is 0 Å². The summed E-state index contributed by atoms with van der Waals surface area (Å²) in [4.78, 5) is 2.58. The highest BCUT2D eigenvalue weighted by Crippen LogP contribution is 2.41. The summed E-state index contributed by atoms with van der Waals surface area (Å²) in [7, 11) is 1.80. The highest BCUT2D eigenvalue weighted by Gasteiger charge is 2.50. The molecule has 104 valence electrons. The summed E-state index contributed by atoms with van der Waals surface area (Å²) in [6, 6.07) is 10.7. The third kappa shape index (κ3) is 2.69. The zero-order valence-corrected chi connectivity index (χ0v) is 11.7. The molecular weight excluding hydrogens is 238 g/mol. The molecule has 3 rings (SSSR count). The fraction of sp³-hybridized carbons (Fsp3) is 0.625. The highest BCUT2D eigenvalue weighted by atomic mass is 16.5. The average Bonchev–Trinajstić information content (AvgIpc) is 2.94. The molecule has 0 N–H and O–H groups in total. The van der Waals surface area contributed by atoms with Crippen LogP contribution in [-0.2, 0) is 15.9 Å². The molecule has 2 atom stereocenters. The van der Waals surface area contributed by atoms with Gasteiger partial charge in [-0.25, -0.2) is 0 Å².